The third-order valence-electron chi connectivity index (χ3n) is 4.87. The first-order valence-electron chi connectivity index (χ1n) is 8.47. The molecule has 1 heterocycles. The maximum atomic E-state index is 10.0. The minimum Gasteiger partial charge on any atom is -0.298 e. The van der Waals surface area contributed by atoms with Crippen LogP contribution in [0.5, 0.6) is 0 Å². The van der Waals surface area contributed by atoms with Crippen LogP contribution < -0.4 is 0 Å². The van der Waals surface area contributed by atoms with Crippen LogP contribution in [0.15, 0.2) is 24.4 Å². The summed E-state index contributed by atoms with van der Waals surface area (Å²) in [5.41, 5.74) is 0.414. The highest BCUT2D eigenvalue weighted by Crippen LogP contribution is 2.36. The lowest BCUT2D eigenvalue weighted by Crippen LogP contribution is -2.42. The summed E-state index contributed by atoms with van der Waals surface area (Å²) in [6.45, 7) is 14.1. The number of nitriles is 1. The molecule has 0 aliphatic carbocycles. The molecule has 2 atom stereocenters. The largest absolute Gasteiger partial charge is 0.298 e. The van der Waals surface area contributed by atoms with E-state index >= 15 is 0 Å². The average Bonchev–Trinajstić information content (AvgIpc) is 2.51. The Morgan fingerprint density at radius 2 is 1.82 bits per heavy atom. The first-order chi connectivity index (χ1) is 10.4. The van der Waals surface area contributed by atoms with Crippen LogP contribution >= 0.6 is 0 Å². The zero-order valence-electron chi connectivity index (χ0n) is 15.0. The van der Waals surface area contributed by atoms with E-state index in [1.807, 2.05) is 18.2 Å². The van der Waals surface area contributed by atoms with Crippen molar-refractivity contribution in [2.45, 2.75) is 71.9 Å². The third-order valence-corrected chi connectivity index (χ3v) is 4.87. The molecule has 0 bridgehead atoms. The summed E-state index contributed by atoms with van der Waals surface area (Å²) in [6.07, 6.45) is 3.60. The Morgan fingerprint density at radius 3 is 2.23 bits per heavy atom. The van der Waals surface area contributed by atoms with Gasteiger partial charge in [-0.05, 0) is 52.2 Å². The monoisotopic (exact) mass is 301 g/mol. The minimum atomic E-state index is -0.502. The summed E-state index contributed by atoms with van der Waals surface area (Å²) < 4.78 is 0. The van der Waals surface area contributed by atoms with Gasteiger partial charge in [0.2, 0.25) is 0 Å². The Kier molecular flexibility index (Phi) is 7.03. The lowest BCUT2D eigenvalue weighted by Gasteiger charge is -2.37. The van der Waals surface area contributed by atoms with Crippen molar-refractivity contribution in [2.24, 2.45) is 5.92 Å². The van der Waals surface area contributed by atoms with Crippen molar-refractivity contribution >= 4 is 0 Å². The Labute approximate surface area is 136 Å². The van der Waals surface area contributed by atoms with Crippen LogP contribution in [0.2, 0.25) is 0 Å². The minimum absolute atomic E-state index is 0.286. The van der Waals surface area contributed by atoms with Crippen LogP contribution in [-0.4, -0.2) is 28.5 Å². The zero-order valence-corrected chi connectivity index (χ0v) is 15.0. The molecule has 0 aromatic carbocycles. The van der Waals surface area contributed by atoms with Crippen LogP contribution in [0.25, 0.3) is 0 Å². The summed E-state index contributed by atoms with van der Waals surface area (Å²) in [6, 6.07) is 9.50. The molecule has 3 nitrogen and oxygen atoms in total. The molecule has 0 saturated carbocycles. The van der Waals surface area contributed by atoms with Crippen molar-refractivity contribution < 1.29 is 0 Å². The summed E-state index contributed by atoms with van der Waals surface area (Å²) in [4.78, 5) is 6.97. The van der Waals surface area contributed by atoms with Crippen molar-refractivity contribution in [2.75, 3.05) is 6.54 Å². The molecule has 0 aliphatic heterocycles. The molecule has 1 aromatic heterocycles. The first-order valence-corrected chi connectivity index (χ1v) is 8.47. The molecule has 1 rings (SSSR count). The second-order valence-corrected chi connectivity index (χ2v) is 6.78. The molecule has 122 valence electrons. The Balaban J connectivity index is 3.10. The lowest BCUT2D eigenvalue weighted by molar-refractivity contribution is 0.152. The van der Waals surface area contributed by atoms with Gasteiger partial charge >= 0.3 is 0 Å². The van der Waals surface area contributed by atoms with E-state index < -0.39 is 5.41 Å². The summed E-state index contributed by atoms with van der Waals surface area (Å²) in [5, 5.41) is 10.0. The second kappa shape index (κ2) is 8.29. The van der Waals surface area contributed by atoms with Gasteiger partial charge in [0.25, 0.3) is 0 Å². The third kappa shape index (κ3) is 4.08. The van der Waals surface area contributed by atoms with Gasteiger partial charge in [0.15, 0.2) is 0 Å². The normalized spacial score (nSPS) is 15.8. The maximum Gasteiger partial charge on any atom is 0.103 e. The number of rotatable bonds is 8. The van der Waals surface area contributed by atoms with Crippen molar-refractivity contribution in [1.82, 2.24) is 9.88 Å². The van der Waals surface area contributed by atoms with Gasteiger partial charge in [-0.15, -0.1) is 0 Å². The number of hydrogen-bond acceptors (Lipinski definition) is 3. The topological polar surface area (TPSA) is 39.9 Å². The van der Waals surface area contributed by atoms with E-state index in [1.54, 1.807) is 6.20 Å². The summed E-state index contributed by atoms with van der Waals surface area (Å²) in [7, 11) is 0. The molecule has 0 aliphatic rings. The van der Waals surface area contributed by atoms with Crippen molar-refractivity contribution in [3.05, 3.63) is 30.1 Å². The van der Waals surface area contributed by atoms with Crippen molar-refractivity contribution in [3.8, 4) is 6.07 Å². The lowest BCUT2D eigenvalue weighted by atomic mass is 9.70. The quantitative estimate of drug-likeness (QED) is 0.714. The van der Waals surface area contributed by atoms with E-state index in [2.05, 4.69) is 57.5 Å². The SMILES string of the molecule is CC[C@H](C)[C@@](C#N)(CCN(C(C)C)C(C)C)c1ccccn1. The van der Waals surface area contributed by atoms with Crippen LogP contribution in [0.1, 0.15) is 60.1 Å². The van der Waals surface area contributed by atoms with Gasteiger partial charge < -0.3 is 0 Å². The molecule has 0 radical (unpaired) electrons. The van der Waals surface area contributed by atoms with E-state index in [0.717, 1.165) is 25.1 Å². The predicted molar refractivity (Wildman–Crippen MR) is 92.6 cm³/mol. The van der Waals surface area contributed by atoms with Gasteiger partial charge in [0, 0.05) is 24.8 Å². The van der Waals surface area contributed by atoms with E-state index in [1.165, 1.54) is 0 Å². The van der Waals surface area contributed by atoms with E-state index in [0.29, 0.717) is 12.1 Å². The second-order valence-electron chi connectivity index (χ2n) is 6.78. The number of hydrogen-bond donors (Lipinski definition) is 0. The first kappa shape index (κ1) is 18.6. The van der Waals surface area contributed by atoms with E-state index in [-0.39, 0.29) is 5.92 Å². The number of pyridine rings is 1. The standard InChI is InChI=1S/C19H31N3/c1-7-17(6)19(14-20,18-10-8-9-12-21-18)11-13-22(15(2)3)16(4)5/h8-10,12,15-17H,7,11,13H2,1-6H3/t17-,19-/m0/s1. The van der Waals surface area contributed by atoms with Gasteiger partial charge in [0.05, 0.1) is 11.8 Å². The fourth-order valence-electron chi connectivity index (χ4n) is 3.24. The van der Waals surface area contributed by atoms with Gasteiger partial charge in [0.1, 0.15) is 5.41 Å². The summed E-state index contributed by atoms with van der Waals surface area (Å²) in [5.74, 6) is 0.286. The molecule has 0 N–H and O–H groups in total. The Morgan fingerprint density at radius 1 is 1.18 bits per heavy atom. The van der Waals surface area contributed by atoms with Gasteiger partial charge in [-0.3, -0.25) is 9.88 Å². The van der Waals surface area contributed by atoms with Crippen LogP contribution in [0, 0.1) is 17.2 Å². The molecular weight excluding hydrogens is 270 g/mol. The average molecular weight is 301 g/mol. The van der Waals surface area contributed by atoms with Crippen LogP contribution in [0.3, 0.4) is 0 Å². The fourth-order valence-corrected chi connectivity index (χ4v) is 3.24. The van der Waals surface area contributed by atoms with E-state index in [4.69, 9.17) is 0 Å². The highest BCUT2D eigenvalue weighted by molar-refractivity contribution is 5.27. The molecule has 3 heteroatoms. The van der Waals surface area contributed by atoms with Gasteiger partial charge in [-0.1, -0.05) is 26.3 Å². The van der Waals surface area contributed by atoms with E-state index in [9.17, 15) is 5.26 Å². The Hall–Kier alpha value is -1.40. The smallest absolute Gasteiger partial charge is 0.103 e. The van der Waals surface area contributed by atoms with Crippen molar-refractivity contribution in [1.29, 1.82) is 5.26 Å². The van der Waals surface area contributed by atoms with Crippen LogP contribution in [-0.2, 0) is 5.41 Å². The Bertz CT molecular complexity index is 467. The van der Waals surface area contributed by atoms with Gasteiger partial charge in [-0.2, -0.15) is 5.26 Å². The molecule has 0 amide bonds. The molecule has 0 unspecified atom stereocenters. The fraction of sp³-hybridized carbons (Fsp3) is 0.684. The molecular formula is C19H31N3. The van der Waals surface area contributed by atoms with Crippen molar-refractivity contribution in [3.63, 3.8) is 0 Å². The highest BCUT2D eigenvalue weighted by atomic mass is 15.2. The molecule has 1 aromatic rings. The molecule has 0 spiro atoms. The molecule has 22 heavy (non-hydrogen) atoms. The number of aromatic nitrogens is 1. The predicted octanol–water partition coefficient (Wildman–Crippen LogP) is 4.40. The maximum absolute atomic E-state index is 10.0. The van der Waals surface area contributed by atoms with Crippen LogP contribution in [0.4, 0.5) is 0 Å². The highest BCUT2D eigenvalue weighted by Gasteiger charge is 2.39. The number of nitrogens with zero attached hydrogens (tertiary/aromatic N) is 3. The van der Waals surface area contributed by atoms with Gasteiger partial charge in [-0.25, -0.2) is 0 Å². The summed E-state index contributed by atoms with van der Waals surface area (Å²) >= 11 is 0. The zero-order chi connectivity index (χ0) is 16.8. The molecule has 0 fully saturated rings. The molecule has 0 saturated heterocycles.